The van der Waals surface area contributed by atoms with Gasteiger partial charge in [-0.05, 0) is 39.5 Å². The van der Waals surface area contributed by atoms with Gasteiger partial charge in [0.05, 0.1) is 11.9 Å². The number of hydrogen-bond acceptors (Lipinski definition) is 5. The molecule has 0 radical (unpaired) electrons. The van der Waals surface area contributed by atoms with Gasteiger partial charge < -0.3 is 20.7 Å². The van der Waals surface area contributed by atoms with Crippen LogP contribution in [0, 0.1) is 5.92 Å². The van der Waals surface area contributed by atoms with Gasteiger partial charge in [0.15, 0.2) is 0 Å². The Morgan fingerprint density at radius 1 is 1.55 bits per heavy atom. The molecule has 124 valence electrons. The number of aryl methyl sites for hydroxylation is 1. The minimum absolute atomic E-state index is 0.357. The maximum Gasteiger partial charge on any atom is 0.407 e. The zero-order chi connectivity index (χ0) is 16.3. The first-order chi connectivity index (χ1) is 10.3. The van der Waals surface area contributed by atoms with E-state index < -0.39 is 5.60 Å². The van der Waals surface area contributed by atoms with Gasteiger partial charge in [-0.3, -0.25) is 4.68 Å². The number of nitrogens with one attached hydrogen (secondary N) is 1. The molecule has 0 aliphatic carbocycles. The molecule has 0 aromatic carbocycles. The summed E-state index contributed by atoms with van der Waals surface area (Å²) in [6.45, 7) is 8.02. The van der Waals surface area contributed by atoms with Crippen molar-refractivity contribution in [3.05, 3.63) is 6.20 Å². The Morgan fingerprint density at radius 3 is 2.86 bits per heavy atom. The molecular formula is C15H27N5O2. The molecule has 22 heavy (non-hydrogen) atoms. The van der Waals surface area contributed by atoms with Gasteiger partial charge in [-0.15, -0.1) is 0 Å². The van der Waals surface area contributed by atoms with Gasteiger partial charge in [0.2, 0.25) is 0 Å². The van der Waals surface area contributed by atoms with E-state index in [1.807, 2.05) is 27.8 Å². The highest BCUT2D eigenvalue weighted by Gasteiger charge is 2.24. The fourth-order valence-corrected chi connectivity index (χ4v) is 2.80. The third-order valence-electron chi connectivity index (χ3n) is 3.69. The van der Waals surface area contributed by atoms with E-state index in [1.54, 1.807) is 10.9 Å². The minimum Gasteiger partial charge on any atom is -0.444 e. The Kier molecular flexibility index (Phi) is 4.83. The first-order valence-electron chi connectivity index (χ1n) is 7.75. The van der Waals surface area contributed by atoms with Crippen LogP contribution in [0.4, 0.5) is 16.3 Å². The molecule has 1 aromatic heterocycles. The predicted octanol–water partition coefficient (Wildman–Crippen LogP) is 1.74. The molecule has 0 saturated carbocycles. The number of rotatable bonds is 3. The number of ether oxygens (including phenoxy) is 1. The van der Waals surface area contributed by atoms with Crippen LogP contribution in [0.2, 0.25) is 0 Å². The Labute approximate surface area is 131 Å². The van der Waals surface area contributed by atoms with Crippen molar-refractivity contribution in [3.63, 3.8) is 0 Å². The quantitative estimate of drug-likeness (QED) is 0.888. The van der Waals surface area contributed by atoms with Crippen molar-refractivity contribution < 1.29 is 9.53 Å². The van der Waals surface area contributed by atoms with Crippen LogP contribution in [0.15, 0.2) is 6.20 Å². The van der Waals surface area contributed by atoms with Gasteiger partial charge in [-0.25, -0.2) is 4.79 Å². The van der Waals surface area contributed by atoms with Crippen molar-refractivity contribution in [2.45, 2.75) is 39.2 Å². The van der Waals surface area contributed by atoms with Gasteiger partial charge in [-0.2, -0.15) is 5.10 Å². The summed E-state index contributed by atoms with van der Waals surface area (Å²) in [7, 11) is 1.90. The fraction of sp³-hybridized carbons (Fsp3) is 0.733. The maximum absolute atomic E-state index is 11.7. The summed E-state index contributed by atoms with van der Waals surface area (Å²) in [5.74, 6) is 1.34. The highest BCUT2D eigenvalue weighted by Crippen LogP contribution is 2.27. The lowest BCUT2D eigenvalue weighted by molar-refractivity contribution is 0.0517. The maximum atomic E-state index is 11.7. The van der Waals surface area contributed by atoms with Gasteiger partial charge in [-0.1, -0.05) is 0 Å². The van der Waals surface area contributed by atoms with E-state index in [0.29, 0.717) is 18.2 Å². The first kappa shape index (κ1) is 16.5. The summed E-state index contributed by atoms with van der Waals surface area (Å²) in [4.78, 5) is 14.0. The molecule has 1 aliphatic heterocycles. The Morgan fingerprint density at radius 2 is 2.27 bits per heavy atom. The lowest BCUT2D eigenvalue weighted by atomic mass is 9.98. The molecule has 1 aromatic rings. The average Bonchev–Trinajstić information content (AvgIpc) is 2.74. The van der Waals surface area contributed by atoms with Crippen molar-refractivity contribution in [3.8, 4) is 0 Å². The summed E-state index contributed by atoms with van der Waals surface area (Å²) in [6, 6.07) is 0. The second-order valence-corrected chi connectivity index (χ2v) is 6.88. The van der Waals surface area contributed by atoms with Crippen LogP contribution in [0.1, 0.15) is 33.6 Å². The number of carbonyl (C=O) groups is 1. The third kappa shape index (κ3) is 4.29. The summed E-state index contributed by atoms with van der Waals surface area (Å²) < 4.78 is 7.07. The SMILES string of the molecule is Cn1ncc(N)c1N1CCCC(CNC(=O)OC(C)(C)C)C1. The van der Waals surface area contributed by atoms with E-state index in [-0.39, 0.29) is 6.09 Å². The second kappa shape index (κ2) is 6.46. The Balaban J connectivity index is 1.88. The zero-order valence-corrected chi connectivity index (χ0v) is 13.9. The van der Waals surface area contributed by atoms with Crippen molar-refractivity contribution in [2.75, 3.05) is 30.3 Å². The van der Waals surface area contributed by atoms with Crippen molar-refractivity contribution in [1.82, 2.24) is 15.1 Å². The molecule has 0 bridgehead atoms. The van der Waals surface area contributed by atoms with Crippen LogP contribution in [0.3, 0.4) is 0 Å². The number of amides is 1. The number of alkyl carbamates (subject to hydrolysis) is 1. The van der Waals surface area contributed by atoms with Crippen LogP contribution in [0.5, 0.6) is 0 Å². The number of nitrogens with zero attached hydrogens (tertiary/aromatic N) is 3. The second-order valence-electron chi connectivity index (χ2n) is 6.88. The Bertz CT molecular complexity index is 501. The number of anilines is 2. The van der Waals surface area contributed by atoms with E-state index in [0.717, 1.165) is 31.7 Å². The minimum atomic E-state index is -0.466. The van der Waals surface area contributed by atoms with E-state index in [4.69, 9.17) is 10.5 Å². The smallest absolute Gasteiger partial charge is 0.407 e. The molecule has 1 aliphatic rings. The molecule has 0 spiro atoms. The van der Waals surface area contributed by atoms with Gasteiger partial charge >= 0.3 is 6.09 Å². The standard InChI is InChI=1S/C15H27N5O2/c1-15(2,3)22-14(21)17-8-11-6-5-7-20(10-11)13-12(16)9-18-19(13)4/h9,11H,5-8,10,16H2,1-4H3,(H,17,21). The molecule has 1 amide bonds. The van der Waals surface area contributed by atoms with Gasteiger partial charge in [0.25, 0.3) is 0 Å². The van der Waals surface area contributed by atoms with Gasteiger partial charge in [0, 0.05) is 26.7 Å². The number of hydrogen-bond donors (Lipinski definition) is 2. The highest BCUT2D eigenvalue weighted by atomic mass is 16.6. The molecule has 7 heteroatoms. The first-order valence-corrected chi connectivity index (χ1v) is 7.75. The summed E-state index contributed by atoms with van der Waals surface area (Å²) >= 11 is 0. The molecule has 2 rings (SSSR count). The molecule has 1 atom stereocenters. The van der Waals surface area contributed by atoms with E-state index in [1.165, 1.54) is 0 Å². The summed E-state index contributed by atoms with van der Waals surface area (Å²) in [6.07, 6.45) is 3.48. The van der Waals surface area contributed by atoms with E-state index in [2.05, 4.69) is 15.3 Å². The molecule has 7 nitrogen and oxygen atoms in total. The molecule has 3 N–H and O–H groups in total. The third-order valence-corrected chi connectivity index (χ3v) is 3.69. The normalized spacial score (nSPS) is 19.1. The lowest BCUT2D eigenvalue weighted by Crippen LogP contribution is -2.43. The summed E-state index contributed by atoms with van der Waals surface area (Å²) in [5.41, 5.74) is 6.23. The van der Waals surface area contributed by atoms with Crippen LogP contribution in [-0.2, 0) is 11.8 Å². The molecule has 1 unspecified atom stereocenters. The number of piperidine rings is 1. The van der Waals surface area contributed by atoms with Crippen molar-refractivity contribution in [2.24, 2.45) is 13.0 Å². The molecule has 2 heterocycles. The number of carbonyl (C=O) groups excluding carboxylic acids is 1. The van der Waals surface area contributed by atoms with E-state index in [9.17, 15) is 4.79 Å². The monoisotopic (exact) mass is 309 g/mol. The number of aromatic nitrogens is 2. The molecule has 1 saturated heterocycles. The van der Waals surface area contributed by atoms with Crippen LogP contribution >= 0.6 is 0 Å². The molecule has 1 fully saturated rings. The van der Waals surface area contributed by atoms with Crippen LogP contribution in [0.25, 0.3) is 0 Å². The number of nitrogens with two attached hydrogens (primary N) is 1. The molecular weight excluding hydrogens is 282 g/mol. The van der Waals surface area contributed by atoms with Crippen molar-refractivity contribution in [1.29, 1.82) is 0 Å². The zero-order valence-electron chi connectivity index (χ0n) is 13.9. The van der Waals surface area contributed by atoms with E-state index >= 15 is 0 Å². The fourth-order valence-electron chi connectivity index (χ4n) is 2.80. The highest BCUT2D eigenvalue weighted by molar-refractivity contribution is 5.67. The van der Waals surface area contributed by atoms with Crippen LogP contribution < -0.4 is 16.0 Å². The predicted molar refractivity (Wildman–Crippen MR) is 86.8 cm³/mol. The van der Waals surface area contributed by atoms with Gasteiger partial charge in [0.1, 0.15) is 11.4 Å². The lowest BCUT2D eigenvalue weighted by Gasteiger charge is -2.34. The largest absolute Gasteiger partial charge is 0.444 e. The average molecular weight is 309 g/mol. The number of nitrogen functional groups attached to an aromatic ring is 1. The summed E-state index contributed by atoms with van der Waals surface area (Å²) in [5, 5.41) is 7.05. The van der Waals surface area contributed by atoms with Crippen LogP contribution in [-0.4, -0.2) is 41.1 Å². The van der Waals surface area contributed by atoms with Crippen molar-refractivity contribution >= 4 is 17.6 Å². The topological polar surface area (TPSA) is 85.4 Å². The Hall–Kier alpha value is -1.92.